The summed E-state index contributed by atoms with van der Waals surface area (Å²) in [5.41, 5.74) is 3.74. The predicted octanol–water partition coefficient (Wildman–Crippen LogP) is 2.09. The molecular weight excluding hydrogens is 666 g/mol. The lowest BCUT2D eigenvalue weighted by Crippen LogP contribution is -2.52. The number of amides is 5. The lowest BCUT2D eigenvalue weighted by molar-refractivity contribution is -0.138. The van der Waals surface area contributed by atoms with Crippen molar-refractivity contribution in [1.82, 2.24) is 35.9 Å². The first-order valence-corrected chi connectivity index (χ1v) is 17.6. The highest BCUT2D eigenvalue weighted by Crippen LogP contribution is 2.20. The molecule has 52 heavy (non-hydrogen) atoms. The van der Waals surface area contributed by atoms with E-state index < -0.39 is 47.7 Å². The summed E-state index contributed by atoms with van der Waals surface area (Å²) in [5, 5.41) is 25.6. The van der Waals surface area contributed by atoms with Gasteiger partial charge in [-0.05, 0) is 74.4 Å². The molecular formula is C38H51N7O7. The van der Waals surface area contributed by atoms with E-state index in [0.29, 0.717) is 18.4 Å². The van der Waals surface area contributed by atoms with Gasteiger partial charge in [0.2, 0.25) is 23.6 Å². The molecule has 0 fully saturated rings. The summed E-state index contributed by atoms with van der Waals surface area (Å²) in [6.07, 6.45) is 0.921. The lowest BCUT2D eigenvalue weighted by atomic mass is 10.0. The Bertz CT molecular complexity index is 1740. The van der Waals surface area contributed by atoms with Crippen LogP contribution in [0.1, 0.15) is 66.0 Å². The fourth-order valence-electron chi connectivity index (χ4n) is 6.27. The smallest absolute Gasteiger partial charge is 0.255 e. The zero-order valence-corrected chi connectivity index (χ0v) is 30.8. The van der Waals surface area contributed by atoms with E-state index in [9.17, 15) is 29.1 Å². The number of aryl methyl sites for hydroxylation is 2. The molecule has 0 radical (unpaired) electrons. The number of phenolic OH excluding ortho intramolecular Hbond substituents is 1. The Balaban J connectivity index is 1.62. The number of fused-ring (bicyclic) bond motifs is 1. The number of rotatable bonds is 8. The number of aromatic nitrogens is 2. The van der Waals surface area contributed by atoms with Gasteiger partial charge in [0.15, 0.2) is 0 Å². The maximum absolute atomic E-state index is 13.7. The van der Waals surface area contributed by atoms with E-state index in [1.807, 2.05) is 34.7 Å². The van der Waals surface area contributed by atoms with E-state index in [1.165, 1.54) is 24.1 Å². The molecule has 4 rings (SSSR count). The van der Waals surface area contributed by atoms with Gasteiger partial charge in [-0.15, -0.1) is 0 Å². The summed E-state index contributed by atoms with van der Waals surface area (Å²) in [7, 11) is 3.35. The number of benzene rings is 2. The molecule has 2 aromatic carbocycles. The van der Waals surface area contributed by atoms with E-state index in [-0.39, 0.29) is 61.9 Å². The Kier molecular flexibility index (Phi) is 13.8. The topological polar surface area (TPSA) is 184 Å². The van der Waals surface area contributed by atoms with Gasteiger partial charge in [-0.25, -0.2) is 0 Å². The van der Waals surface area contributed by atoms with Crippen molar-refractivity contribution in [1.29, 1.82) is 0 Å². The average Bonchev–Trinajstić information content (AvgIpc) is 3.34. The zero-order valence-electron chi connectivity index (χ0n) is 30.8. The van der Waals surface area contributed by atoms with Crippen molar-refractivity contribution in [3.63, 3.8) is 0 Å². The van der Waals surface area contributed by atoms with Crippen LogP contribution in [0.25, 0.3) is 0 Å². The largest absolute Gasteiger partial charge is 0.508 e. The standard InChI is InChI=1S/C38H51N7O7/c1-23(2)19-27-22-52-33-10-8-7-9-30(33)36(49)42-31(37(50)39-18-17-29-24(3)43-45(6)25(29)4)15-16-34(47)41-32(20-26-11-13-28(46)14-12-26)38(51)44(5)21-35(48)40-27/h7-14,23,27,31-32,46H,15-22H2,1-6H3,(H,39,50)(H,40,48)(H,41,47)(H,42,49)/t27-,31-,32-/m0/s1. The van der Waals surface area contributed by atoms with Gasteiger partial charge in [0, 0.05) is 39.2 Å². The van der Waals surface area contributed by atoms with E-state index in [4.69, 9.17) is 4.74 Å². The summed E-state index contributed by atoms with van der Waals surface area (Å²) < 4.78 is 7.89. The summed E-state index contributed by atoms with van der Waals surface area (Å²) in [6, 6.07) is 10.3. The van der Waals surface area contributed by atoms with E-state index in [1.54, 1.807) is 41.1 Å². The molecule has 280 valence electrons. The molecule has 14 nitrogen and oxygen atoms in total. The van der Waals surface area contributed by atoms with Gasteiger partial charge in [0.25, 0.3) is 5.91 Å². The van der Waals surface area contributed by atoms with Gasteiger partial charge >= 0.3 is 0 Å². The van der Waals surface area contributed by atoms with Gasteiger partial charge in [-0.1, -0.05) is 38.1 Å². The summed E-state index contributed by atoms with van der Waals surface area (Å²) in [4.78, 5) is 69.0. The molecule has 1 aliphatic rings. The third-order valence-corrected chi connectivity index (χ3v) is 9.07. The van der Waals surface area contributed by atoms with Gasteiger partial charge < -0.3 is 36.0 Å². The van der Waals surface area contributed by atoms with Crippen LogP contribution in [0.4, 0.5) is 0 Å². The van der Waals surface area contributed by atoms with Crippen LogP contribution < -0.4 is 26.0 Å². The Hall–Kier alpha value is -5.40. The number of nitrogens with zero attached hydrogens (tertiary/aromatic N) is 3. The second kappa shape index (κ2) is 18.2. The van der Waals surface area contributed by atoms with Gasteiger partial charge in [-0.3, -0.25) is 28.7 Å². The van der Waals surface area contributed by atoms with Crippen molar-refractivity contribution in [2.75, 3.05) is 26.7 Å². The molecule has 3 atom stereocenters. The normalized spacial score (nSPS) is 19.4. The van der Waals surface area contributed by atoms with Crippen molar-refractivity contribution in [2.24, 2.45) is 13.0 Å². The summed E-state index contributed by atoms with van der Waals surface area (Å²) >= 11 is 0. The molecule has 0 aliphatic carbocycles. The monoisotopic (exact) mass is 717 g/mol. The first-order chi connectivity index (χ1) is 24.7. The first-order valence-electron chi connectivity index (χ1n) is 17.6. The minimum absolute atomic E-state index is 0.0530. The van der Waals surface area contributed by atoms with Gasteiger partial charge in [0.1, 0.15) is 30.2 Å². The maximum atomic E-state index is 13.7. The maximum Gasteiger partial charge on any atom is 0.255 e. The van der Waals surface area contributed by atoms with Crippen LogP contribution in [0.2, 0.25) is 0 Å². The van der Waals surface area contributed by atoms with Crippen LogP contribution >= 0.6 is 0 Å². The highest BCUT2D eigenvalue weighted by Gasteiger charge is 2.29. The third kappa shape index (κ3) is 11.0. The van der Waals surface area contributed by atoms with Crippen LogP contribution in [-0.2, 0) is 39.1 Å². The van der Waals surface area contributed by atoms with E-state index in [2.05, 4.69) is 26.4 Å². The predicted molar refractivity (Wildman–Crippen MR) is 195 cm³/mol. The fourth-order valence-corrected chi connectivity index (χ4v) is 6.27. The number of para-hydroxylation sites is 1. The van der Waals surface area contributed by atoms with Crippen LogP contribution in [0.5, 0.6) is 11.5 Å². The van der Waals surface area contributed by atoms with Crippen LogP contribution in [0, 0.1) is 19.8 Å². The summed E-state index contributed by atoms with van der Waals surface area (Å²) in [6.45, 7) is 7.95. The quantitative estimate of drug-likeness (QED) is 0.235. The Morgan fingerprint density at radius 3 is 2.38 bits per heavy atom. The number of carbonyl (C=O) groups is 5. The van der Waals surface area contributed by atoms with Crippen molar-refractivity contribution in [3.8, 4) is 11.5 Å². The van der Waals surface area contributed by atoms with Gasteiger partial charge in [0.05, 0.1) is 23.8 Å². The number of likely N-dealkylation sites (N-methyl/N-ethyl adjacent to an activating group) is 1. The second-order valence-corrected chi connectivity index (χ2v) is 13.8. The minimum Gasteiger partial charge on any atom is -0.508 e. The molecule has 2 heterocycles. The fraction of sp³-hybridized carbons (Fsp3) is 0.474. The van der Waals surface area contributed by atoms with Gasteiger partial charge in [-0.2, -0.15) is 5.10 Å². The highest BCUT2D eigenvalue weighted by molar-refractivity contribution is 6.00. The van der Waals surface area contributed by atoms with E-state index >= 15 is 0 Å². The summed E-state index contributed by atoms with van der Waals surface area (Å²) in [5.74, 6) is -1.94. The van der Waals surface area contributed by atoms with Crippen molar-refractivity contribution in [3.05, 3.63) is 76.6 Å². The molecule has 1 aliphatic heterocycles. The molecule has 1 aromatic heterocycles. The molecule has 0 unspecified atom stereocenters. The number of nitrogens with one attached hydrogen (secondary N) is 4. The number of carbonyl (C=O) groups excluding carboxylic acids is 5. The van der Waals surface area contributed by atoms with E-state index in [0.717, 1.165) is 17.0 Å². The van der Waals surface area contributed by atoms with Crippen LogP contribution in [0.3, 0.4) is 0 Å². The number of hydrogen-bond donors (Lipinski definition) is 5. The van der Waals surface area contributed by atoms with Crippen molar-refractivity contribution in [2.45, 2.75) is 77.9 Å². The average molecular weight is 718 g/mol. The molecule has 0 saturated carbocycles. The number of aromatic hydroxyl groups is 1. The van der Waals surface area contributed by atoms with Crippen LogP contribution in [0.15, 0.2) is 48.5 Å². The Morgan fingerprint density at radius 1 is 1.00 bits per heavy atom. The molecule has 5 N–H and O–H groups in total. The molecule has 0 saturated heterocycles. The minimum atomic E-state index is -1.09. The molecule has 5 amide bonds. The zero-order chi connectivity index (χ0) is 37.9. The molecule has 3 aromatic rings. The number of phenols is 1. The molecule has 0 spiro atoms. The molecule has 0 bridgehead atoms. The van der Waals surface area contributed by atoms with Crippen LogP contribution in [-0.4, -0.2) is 94.2 Å². The second-order valence-electron chi connectivity index (χ2n) is 13.8. The first kappa shape index (κ1) is 39.4. The lowest BCUT2D eigenvalue weighted by Gasteiger charge is -2.27. The number of ether oxygens (including phenoxy) is 1. The SMILES string of the molecule is Cc1nn(C)c(C)c1CCNC(=O)[C@@H]1CCC(=O)N[C@@H](Cc2ccc(O)cc2)C(=O)N(C)CC(=O)N[C@@H](CC(C)C)COc2ccccc2C(=O)N1. The Morgan fingerprint density at radius 2 is 1.71 bits per heavy atom. The third-order valence-electron chi connectivity index (χ3n) is 9.07. The van der Waals surface area contributed by atoms with Crippen molar-refractivity contribution < 1.29 is 33.8 Å². The number of hydrogen-bond acceptors (Lipinski definition) is 8. The Labute approximate surface area is 304 Å². The molecule has 14 heteroatoms. The highest BCUT2D eigenvalue weighted by atomic mass is 16.5. The van der Waals surface area contributed by atoms with Crippen molar-refractivity contribution >= 4 is 29.5 Å².